The van der Waals surface area contributed by atoms with Crippen LogP contribution in [0.5, 0.6) is 0 Å². The van der Waals surface area contributed by atoms with Crippen molar-refractivity contribution in [2.75, 3.05) is 13.1 Å². The van der Waals surface area contributed by atoms with Crippen molar-refractivity contribution in [3.05, 3.63) is 65.7 Å². The average molecular weight is 311 g/mol. The molecule has 1 aliphatic rings. The molecule has 0 bridgehead atoms. The molecule has 1 fully saturated rings. The van der Waals surface area contributed by atoms with E-state index in [1.807, 2.05) is 0 Å². The van der Waals surface area contributed by atoms with Gasteiger partial charge < -0.3 is 0 Å². The molecule has 2 aromatic rings. The standard InChI is InChI=1S/C20H26NP/c1-16-20(18-10-12-19(22)13-11-18)15-21(16)14-6-5-9-17-7-3-2-4-8-17/h2-4,7-8,10-13,16,20H,5-6,9,14-15,22H2,1H3. The van der Waals surface area contributed by atoms with E-state index in [1.54, 1.807) is 0 Å². The molecule has 3 atom stereocenters. The van der Waals surface area contributed by atoms with Crippen LogP contribution in [0.2, 0.25) is 0 Å². The first-order chi connectivity index (χ1) is 10.7. The lowest BCUT2D eigenvalue weighted by molar-refractivity contribution is 0.0710. The predicted octanol–water partition coefficient (Wildman–Crippen LogP) is 4.00. The normalized spacial score (nSPS) is 21.5. The van der Waals surface area contributed by atoms with Gasteiger partial charge in [-0.2, -0.15) is 0 Å². The van der Waals surface area contributed by atoms with Gasteiger partial charge in [-0.3, -0.25) is 4.90 Å². The van der Waals surface area contributed by atoms with Crippen molar-refractivity contribution < 1.29 is 0 Å². The minimum atomic E-state index is 0.687. The summed E-state index contributed by atoms with van der Waals surface area (Å²) in [6.45, 7) is 4.84. The molecule has 0 radical (unpaired) electrons. The molecule has 0 amide bonds. The second kappa shape index (κ2) is 7.40. The maximum Gasteiger partial charge on any atom is 0.0148 e. The highest BCUT2D eigenvalue weighted by atomic mass is 31.0. The molecular weight excluding hydrogens is 285 g/mol. The summed E-state index contributed by atoms with van der Waals surface area (Å²) in [4.78, 5) is 2.63. The van der Waals surface area contributed by atoms with Crippen LogP contribution in [0.3, 0.4) is 0 Å². The van der Waals surface area contributed by atoms with Crippen molar-refractivity contribution in [2.24, 2.45) is 0 Å². The van der Waals surface area contributed by atoms with Gasteiger partial charge in [0, 0.05) is 18.5 Å². The fourth-order valence-electron chi connectivity index (χ4n) is 3.40. The Labute approximate surface area is 136 Å². The molecule has 3 unspecified atom stereocenters. The maximum atomic E-state index is 2.76. The zero-order valence-corrected chi connectivity index (χ0v) is 14.6. The zero-order chi connectivity index (χ0) is 15.4. The van der Waals surface area contributed by atoms with E-state index >= 15 is 0 Å². The molecule has 0 N–H and O–H groups in total. The van der Waals surface area contributed by atoms with Gasteiger partial charge in [0.15, 0.2) is 0 Å². The number of unbranched alkanes of at least 4 members (excludes halogenated alkanes) is 1. The van der Waals surface area contributed by atoms with Gasteiger partial charge in [-0.25, -0.2) is 0 Å². The molecule has 0 saturated carbocycles. The Kier molecular flexibility index (Phi) is 5.28. The summed E-state index contributed by atoms with van der Waals surface area (Å²) in [6.07, 6.45) is 3.80. The third-order valence-electron chi connectivity index (χ3n) is 4.96. The SMILES string of the molecule is CC1C(c2ccc(P)cc2)CN1CCCCc1ccccc1. The Morgan fingerprint density at radius 2 is 1.73 bits per heavy atom. The monoisotopic (exact) mass is 311 g/mol. The summed E-state index contributed by atoms with van der Waals surface area (Å²) < 4.78 is 0. The van der Waals surface area contributed by atoms with E-state index in [1.165, 1.54) is 48.8 Å². The highest BCUT2D eigenvalue weighted by Crippen LogP contribution is 2.33. The van der Waals surface area contributed by atoms with Crippen LogP contribution in [0.4, 0.5) is 0 Å². The van der Waals surface area contributed by atoms with Gasteiger partial charge in [-0.1, -0.05) is 54.6 Å². The molecule has 0 aromatic heterocycles. The largest absolute Gasteiger partial charge is 0.299 e. The first-order valence-corrected chi connectivity index (χ1v) is 8.95. The summed E-state index contributed by atoms with van der Waals surface area (Å²) in [5.41, 5.74) is 2.97. The van der Waals surface area contributed by atoms with Crippen molar-refractivity contribution in [1.29, 1.82) is 0 Å². The molecule has 2 aromatic carbocycles. The summed E-state index contributed by atoms with van der Waals surface area (Å²) in [7, 11) is 2.76. The summed E-state index contributed by atoms with van der Waals surface area (Å²) in [6, 6.07) is 20.5. The van der Waals surface area contributed by atoms with Crippen LogP contribution >= 0.6 is 9.24 Å². The minimum absolute atomic E-state index is 0.687. The first-order valence-electron chi connectivity index (χ1n) is 8.37. The lowest BCUT2D eigenvalue weighted by atomic mass is 9.83. The van der Waals surface area contributed by atoms with Gasteiger partial charge >= 0.3 is 0 Å². The Hall–Kier alpha value is -1.17. The van der Waals surface area contributed by atoms with E-state index in [2.05, 4.69) is 75.7 Å². The second-order valence-corrected chi connectivity index (χ2v) is 7.12. The maximum absolute atomic E-state index is 2.76. The van der Waals surface area contributed by atoms with Crippen LogP contribution in [-0.2, 0) is 6.42 Å². The Bertz CT molecular complexity index is 578. The fraction of sp³-hybridized carbons (Fsp3) is 0.400. The van der Waals surface area contributed by atoms with E-state index in [0.29, 0.717) is 6.04 Å². The first kappa shape index (κ1) is 15.7. The van der Waals surface area contributed by atoms with E-state index in [4.69, 9.17) is 0 Å². The zero-order valence-electron chi connectivity index (χ0n) is 13.4. The highest BCUT2D eigenvalue weighted by Gasteiger charge is 2.35. The van der Waals surface area contributed by atoms with E-state index < -0.39 is 0 Å². The molecule has 0 spiro atoms. The third kappa shape index (κ3) is 3.77. The van der Waals surface area contributed by atoms with Crippen LogP contribution < -0.4 is 5.30 Å². The molecule has 22 heavy (non-hydrogen) atoms. The summed E-state index contributed by atoms with van der Waals surface area (Å²) >= 11 is 0. The topological polar surface area (TPSA) is 3.24 Å². The Balaban J connectivity index is 1.39. The molecule has 1 saturated heterocycles. The van der Waals surface area contributed by atoms with Crippen LogP contribution in [0, 0.1) is 0 Å². The molecule has 116 valence electrons. The Morgan fingerprint density at radius 1 is 1.00 bits per heavy atom. The van der Waals surface area contributed by atoms with Crippen molar-refractivity contribution in [2.45, 2.75) is 38.1 Å². The highest BCUT2D eigenvalue weighted by molar-refractivity contribution is 7.27. The van der Waals surface area contributed by atoms with Gasteiger partial charge in [0.1, 0.15) is 0 Å². The second-order valence-electron chi connectivity index (χ2n) is 6.45. The van der Waals surface area contributed by atoms with Gasteiger partial charge in [0.05, 0.1) is 0 Å². The van der Waals surface area contributed by atoms with E-state index in [0.717, 1.165) is 5.92 Å². The lowest BCUT2D eigenvalue weighted by Gasteiger charge is -2.47. The van der Waals surface area contributed by atoms with Crippen molar-refractivity contribution in [3.8, 4) is 0 Å². The summed E-state index contributed by atoms with van der Waals surface area (Å²) in [5.74, 6) is 0.722. The quantitative estimate of drug-likeness (QED) is 0.576. The Morgan fingerprint density at radius 3 is 2.41 bits per heavy atom. The van der Waals surface area contributed by atoms with Crippen LogP contribution in [0.1, 0.15) is 36.8 Å². The number of aryl methyl sites for hydroxylation is 1. The number of nitrogens with zero attached hydrogens (tertiary/aromatic N) is 1. The van der Waals surface area contributed by atoms with E-state index in [9.17, 15) is 0 Å². The van der Waals surface area contributed by atoms with E-state index in [-0.39, 0.29) is 0 Å². The number of benzene rings is 2. The third-order valence-corrected chi connectivity index (χ3v) is 5.34. The number of likely N-dealkylation sites (tertiary alicyclic amines) is 1. The van der Waals surface area contributed by atoms with Gasteiger partial charge in [0.2, 0.25) is 0 Å². The van der Waals surface area contributed by atoms with Crippen LogP contribution in [0.15, 0.2) is 54.6 Å². The predicted molar refractivity (Wildman–Crippen MR) is 98.9 cm³/mol. The van der Waals surface area contributed by atoms with Crippen molar-refractivity contribution in [1.82, 2.24) is 4.90 Å². The molecule has 0 aliphatic carbocycles. The summed E-state index contributed by atoms with van der Waals surface area (Å²) in [5, 5.41) is 1.27. The minimum Gasteiger partial charge on any atom is -0.299 e. The molecule has 2 heteroatoms. The van der Waals surface area contributed by atoms with Crippen molar-refractivity contribution >= 4 is 14.5 Å². The van der Waals surface area contributed by atoms with Crippen LogP contribution in [0.25, 0.3) is 0 Å². The molecule has 3 rings (SSSR count). The molecule has 1 nitrogen and oxygen atoms in total. The van der Waals surface area contributed by atoms with Crippen molar-refractivity contribution in [3.63, 3.8) is 0 Å². The molecule has 1 aliphatic heterocycles. The molecule has 1 heterocycles. The van der Waals surface area contributed by atoms with Gasteiger partial charge in [0.25, 0.3) is 0 Å². The van der Waals surface area contributed by atoms with Gasteiger partial charge in [-0.15, -0.1) is 9.24 Å². The lowest BCUT2D eigenvalue weighted by Crippen LogP contribution is -2.52. The number of rotatable bonds is 6. The number of hydrogen-bond donors (Lipinski definition) is 0. The number of hydrogen-bond acceptors (Lipinski definition) is 1. The smallest absolute Gasteiger partial charge is 0.0148 e. The van der Waals surface area contributed by atoms with Crippen LogP contribution in [-0.4, -0.2) is 24.0 Å². The average Bonchev–Trinajstić information content (AvgIpc) is 2.55. The molecular formula is C20H26NP. The van der Waals surface area contributed by atoms with Gasteiger partial charge in [-0.05, 0) is 49.2 Å². The fourth-order valence-corrected chi connectivity index (χ4v) is 3.59.